The highest BCUT2D eigenvalue weighted by Crippen LogP contribution is 2.22. The number of hydrogen-bond donors (Lipinski definition) is 1. The van der Waals surface area contributed by atoms with Crippen molar-refractivity contribution in [1.29, 1.82) is 0 Å². The number of ether oxygens (including phenoxy) is 1. The van der Waals surface area contributed by atoms with Crippen molar-refractivity contribution in [3.05, 3.63) is 77.3 Å². The van der Waals surface area contributed by atoms with Gasteiger partial charge in [0.2, 0.25) is 0 Å². The van der Waals surface area contributed by atoms with Crippen molar-refractivity contribution in [2.75, 3.05) is 6.54 Å². The van der Waals surface area contributed by atoms with Gasteiger partial charge in [-0.1, -0.05) is 61.0 Å². The van der Waals surface area contributed by atoms with Crippen molar-refractivity contribution in [3.63, 3.8) is 0 Å². The molecule has 3 aromatic carbocycles. The number of benzene rings is 3. The number of fused-ring (bicyclic) bond motifs is 1. The zero-order valence-corrected chi connectivity index (χ0v) is 15.5. The molecule has 1 atom stereocenters. The molecule has 0 aliphatic heterocycles. The first-order valence-corrected chi connectivity index (χ1v) is 9.21. The molecule has 0 radical (unpaired) electrons. The van der Waals surface area contributed by atoms with Crippen molar-refractivity contribution in [2.45, 2.75) is 25.9 Å². The SMILES string of the molecule is CCC(Oc1ccc2ccccc2c1)C(=O)NCCc1ccc(Cl)cc1. The molecular weight excluding hydrogens is 346 g/mol. The average molecular weight is 368 g/mol. The third-order valence-corrected chi connectivity index (χ3v) is 4.54. The monoisotopic (exact) mass is 367 g/mol. The molecule has 1 amide bonds. The number of carbonyl (C=O) groups excluding carboxylic acids is 1. The summed E-state index contributed by atoms with van der Waals surface area (Å²) in [6, 6.07) is 21.6. The van der Waals surface area contributed by atoms with Crippen LogP contribution < -0.4 is 10.1 Å². The van der Waals surface area contributed by atoms with Crippen molar-refractivity contribution in [3.8, 4) is 5.75 Å². The second kappa shape index (κ2) is 8.72. The normalized spacial score (nSPS) is 11.9. The molecule has 0 aromatic heterocycles. The lowest BCUT2D eigenvalue weighted by Gasteiger charge is -2.17. The molecule has 0 spiro atoms. The Morgan fingerprint density at radius 3 is 2.50 bits per heavy atom. The molecule has 0 saturated carbocycles. The third kappa shape index (κ3) is 4.77. The topological polar surface area (TPSA) is 38.3 Å². The Labute approximate surface area is 158 Å². The summed E-state index contributed by atoms with van der Waals surface area (Å²) in [7, 11) is 0. The molecule has 0 saturated heterocycles. The molecule has 0 aliphatic carbocycles. The fourth-order valence-electron chi connectivity index (χ4n) is 2.82. The summed E-state index contributed by atoms with van der Waals surface area (Å²) >= 11 is 5.88. The van der Waals surface area contributed by atoms with Crippen LogP contribution >= 0.6 is 11.6 Å². The zero-order valence-electron chi connectivity index (χ0n) is 14.7. The zero-order chi connectivity index (χ0) is 18.4. The van der Waals surface area contributed by atoms with Gasteiger partial charge >= 0.3 is 0 Å². The molecule has 26 heavy (non-hydrogen) atoms. The van der Waals surface area contributed by atoms with Crippen LogP contribution in [0.2, 0.25) is 5.02 Å². The number of carbonyl (C=O) groups is 1. The maximum Gasteiger partial charge on any atom is 0.261 e. The van der Waals surface area contributed by atoms with Gasteiger partial charge < -0.3 is 10.1 Å². The van der Waals surface area contributed by atoms with Crippen LogP contribution in [0.5, 0.6) is 5.75 Å². The molecule has 3 aromatic rings. The summed E-state index contributed by atoms with van der Waals surface area (Å²) in [5, 5.41) is 5.93. The molecule has 134 valence electrons. The highest BCUT2D eigenvalue weighted by molar-refractivity contribution is 6.30. The van der Waals surface area contributed by atoms with Crippen LogP contribution in [0.4, 0.5) is 0 Å². The van der Waals surface area contributed by atoms with Gasteiger partial charge in [0.25, 0.3) is 5.91 Å². The van der Waals surface area contributed by atoms with Gasteiger partial charge in [-0.2, -0.15) is 0 Å². The summed E-state index contributed by atoms with van der Waals surface area (Å²) < 4.78 is 5.92. The van der Waals surface area contributed by atoms with E-state index in [0.717, 1.165) is 22.8 Å². The lowest BCUT2D eigenvalue weighted by Crippen LogP contribution is -2.38. The van der Waals surface area contributed by atoms with Crippen molar-refractivity contribution in [2.24, 2.45) is 0 Å². The molecule has 1 N–H and O–H groups in total. The van der Waals surface area contributed by atoms with Crippen molar-refractivity contribution < 1.29 is 9.53 Å². The summed E-state index contributed by atoms with van der Waals surface area (Å²) in [5.41, 5.74) is 1.14. The van der Waals surface area contributed by atoms with Gasteiger partial charge in [0.15, 0.2) is 6.10 Å². The Balaban J connectivity index is 1.56. The predicted molar refractivity (Wildman–Crippen MR) is 107 cm³/mol. The summed E-state index contributed by atoms with van der Waals surface area (Å²) in [5.74, 6) is 0.623. The van der Waals surface area contributed by atoms with E-state index in [4.69, 9.17) is 16.3 Å². The first kappa shape index (κ1) is 18.3. The quantitative estimate of drug-likeness (QED) is 0.637. The molecule has 1 unspecified atom stereocenters. The lowest BCUT2D eigenvalue weighted by atomic mass is 10.1. The van der Waals surface area contributed by atoms with E-state index in [2.05, 4.69) is 11.4 Å². The molecule has 3 nitrogen and oxygen atoms in total. The average Bonchev–Trinajstić information content (AvgIpc) is 2.67. The van der Waals surface area contributed by atoms with E-state index in [1.165, 1.54) is 0 Å². The number of halogens is 1. The van der Waals surface area contributed by atoms with E-state index in [-0.39, 0.29) is 5.91 Å². The van der Waals surface area contributed by atoms with Crippen molar-refractivity contribution >= 4 is 28.3 Å². The summed E-state index contributed by atoms with van der Waals surface area (Å²) in [6.07, 6.45) is 0.871. The van der Waals surface area contributed by atoms with Crippen molar-refractivity contribution in [1.82, 2.24) is 5.32 Å². The van der Waals surface area contributed by atoms with Crippen LogP contribution in [0.3, 0.4) is 0 Å². The molecule has 0 heterocycles. The van der Waals surface area contributed by atoms with Crippen LogP contribution in [-0.2, 0) is 11.2 Å². The second-order valence-electron chi connectivity index (χ2n) is 6.19. The van der Waals surface area contributed by atoms with Gasteiger partial charge in [0, 0.05) is 11.6 Å². The smallest absolute Gasteiger partial charge is 0.261 e. The van der Waals surface area contributed by atoms with E-state index in [9.17, 15) is 4.79 Å². The first-order chi connectivity index (χ1) is 12.7. The lowest BCUT2D eigenvalue weighted by molar-refractivity contribution is -0.128. The number of amides is 1. The van der Waals surface area contributed by atoms with Gasteiger partial charge in [0.1, 0.15) is 5.75 Å². The largest absolute Gasteiger partial charge is 0.481 e. The minimum atomic E-state index is -0.499. The Morgan fingerprint density at radius 1 is 1.04 bits per heavy atom. The van der Waals surface area contributed by atoms with E-state index in [1.807, 2.05) is 67.6 Å². The maximum absolute atomic E-state index is 12.4. The highest BCUT2D eigenvalue weighted by atomic mass is 35.5. The molecule has 3 rings (SSSR count). The Morgan fingerprint density at radius 2 is 1.77 bits per heavy atom. The van der Waals surface area contributed by atoms with E-state index in [1.54, 1.807) is 0 Å². The fraction of sp³-hybridized carbons (Fsp3) is 0.227. The van der Waals surface area contributed by atoms with Crippen LogP contribution in [0, 0.1) is 0 Å². The Bertz CT molecular complexity index is 877. The van der Waals surface area contributed by atoms with Gasteiger partial charge in [-0.05, 0) is 53.4 Å². The minimum absolute atomic E-state index is 0.0883. The fourth-order valence-corrected chi connectivity index (χ4v) is 2.95. The van der Waals surface area contributed by atoms with Gasteiger partial charge in [-0.25, -0.2) is 0 Å². The Kier molecular flexibility index (Phi) is 6.13. The molecular formula is C22H22ClNO2. The second-order valence-corrected chi connectivity index (χ2v) is 6.63. The number of rotatable bonds is 7. The van der Waals surface area contributed by atoms with Crippen LogP contribution in [-0.4, -0.2) is 18.6 Å². The molecule has 0 aliphatic rings. The third-order valence-electron chi connectivity index (χ3n) is 4.29. The van der Waals surface area contributed by atoms with Gasteiger partial charge in [-0.3, -0.25) is 4.79 Å². The van der Waals surface area contributed by atoms with Gasteiger partial charge in [0.05, 0.1) is 0 Å². The predicted octanol–water partition coefficient (Wildman–Crippen LogP) is 5.01. The van der Waals surface area contributed by atoms with Gasteiger partial charge in [-0.15, -0.1) is 0 Å². The number of hydrogen-bond acceptors (Lipinski definition) is 2. The Hall–Kier alpha value is -2.52. The van der Waals surface area contributed by atoms with E-state index >= 15 is 0 Å². The standard InChI is InChI=1S/C22H22ClNO2/c1-2-21(22(25)24-14-13-16-7-10-19(23)11-8-16)26-20-12-9-17-5-3-4-6-18(17)15-20/h3-12,15,21H,2,13-14H2,1H3,(H,24,25). The van der Waals surface area contributed by atoms with Crippen LogP contribution in [0.1, 0.15) is 18.9 Å². The molecule has 4 heteroatoms. The number of nitrogens with one attached hydrogen (secondary N) is 1. The van der Waals surface area contributed by atoms with E-state index in [0.29, 0.717) is 23.7 Å². The highest BCUT2D eigenvalue weighted by Gasteiger charge is 2.18. The molecule has 0 bridgehead atoms. The minimum Gasteiger partial charge on any atom is -0.481 e. The molecule has 0 fully saturated rings. The summed E-state index contributed by atoms with van der Waals surface area (Å²) in [6.45, 7) is 2.52. The maximum atomic E-state index is 12.4. The van der Waals surface area contributed by atoms with Crippen LogP contribution in [0.25, 0.3) is 10.8 Å². The van der Waals surface area contributed by atoms with E-state index < -0.39 is 6.10 Å². The van der Waals surface area contributed by atoms with Crippen LogP contribution in [0.15, 0.2) is 66.7 Å². The summed E-state index contributed by atoms with van der Waals surface area (Å²) in [4.78, 5) is 12.4. The first-order valence-electron chi connectivity index (χ1n) is 8.83.